The van der Waals surface area contributed by atoms with E-state index in [4.69, 9.17) is 9.84 Å². The standard InChI is InChI=1S/C26H21BrF6N4O4/c1-12(7-8-34-25(39)40)21-17(4-3-15(28)22(21)30)36-11-37(18-5-6-20(41-2)35-23(18)27)24(38)13-9-16(29)14(10-19(13)36)26(31,32)33/h3-6,9-10,12,34H,7-8,11H2,1-2H3,(H,39,40). The zero-order valence-electron chi connectivity index (χ0n) is 21.3. The third-order valence-corrected chi connectivity index (χ3v) is 7.07. The van der Waals surface area contributed by atoms with Crippen LogP contribution in [0.25, 0.3) is 0 Å². The molecule has 2 aromatic carbocycles. The molecule has 2 heterocycles. The van der Waals surface area contributed by atoms with Gasteiger partial charge in [0, 0.05) is 23.9 Å². The van der Waals surface area contributed by atoms with Gasteiger partial charge in [0.05, 0.1) is 29.6 Å². The number of nitrogens with one attached hydrogen (secondary N) is 1. The minimum atomic E-state index is -5.12. The quantitative estimate of drug-likeness (QED) is 0.216. The van der Waals surface area contributed by atoms with Crippen LogP contribution in [0, 0.1) is 17.5 Å². The van der Waals surface area contributed by atoms with Gasteiger partial charge in [0.25, 0.3) is 5.91 Å². The fourth-order valence-electron chi connectivity index (χ4n) is 4.52. The molecule has 1 aromatic heterocycles. The molecule has 0 fully saturated rings. The second kappa shape index (κ2) is 11.5. The summed E-state index contributed by atoms with van der Waals surface area (Å²) in [7, 11) is 1.36. The highest BCUT2D eigenvalue weighted by Crippen LogP contribution is 2.45. The first-order valence-corrected chi connectivity index (χ1v) is 12.7. The van der Waals surface area contributed by atoms with Gasteiger partial charge in [-0.1, -0.05) is 6.92 Å². The zero-order valence-corrected chi connectivity index (χ0v) is 22.9. The van der Waals surface area contributed by atoms with Crippen molar-refractivity contribution in [2.75, 3.05) is 30.1 Å². The van der Waals surface area contributed by atoms with Gasteiger partial charge in [-0.05, 0) is 58.6 Å². The van der Waals surface area contributed by atoms with Gasteiger partial charge in [0.1, 0.15) is 17.1 Å². The van der Waals surface area contributed by atoms with Gasteiger partial charge in [-0.2, -0.15) is 13.2 Å². The molecule has 1 aliphatic heterocycles. The SMILES string of the molecule is COc1ccc(N2CN(c3ccc(F)c(F)c3C(C)CCNC(=O)O)c3cc(C(F)(F)F)c(F)cc3C2=O)c(Br)n1. The van der Waals surface area contributed by atoms with E-state index in [1.165, 1.54) is 26.2 Å². The Kier molecular flexibility index (Phi) is 8.38. The fraction of sp³-hybridized carbons (Fsp3) is 0.269. The molecular formula is C26H21BrF6N4O4. The normalized spacial score (nSPS) is 14.1. The van der Waals surface area contributed by atoms with Crippen LogP contribution < -0.4 is 19.9 Å². The number of hydrogen-bond acceptors (Lipinski definition) is 5. The number of carboxylic acid groups (broad SMARTS) is 1. The molecule has 1 unspecified atom stereocenters. The van der Waals surface area contributed by atoms with Gasteiger partial charge in [-0.25, -0.2) is 22.9 Å². The lowest BCUT2D eigenvalue weighted by molar-refractivity contribution is -0.139. The van der Waals surface area contributed by atoms with Gasteiger partial charge >= 0.3 is 12.3 Å². The summed E-state index contributed by atoms with van der Waals surface area (Å²) in [4.78, 5) is 30.8. The molecule has 41 heavy (non-hydrogen) atoms. The van der Waals surface area contributed by atoms with Crippen LogP contribution in [0.2, 0.25) is 0 Å². The lowest BCUT2D eigenvalue weighted by atomic mass is 9.93. The molecule has 8 nitrogen and oxygen atoms in total. The molecule has 0 saturated heterocycles. The molecule has 0 spiro atoms. The van der Waals surface area contributed by atoms with E-state index < -0.39 is 59.3 Å². The number of ether oxygens (including phenoxy) is 1. The first-order chi connectivity index (χ1) is 19.2. The number of aromatic nitrogens is 1. The van der Waals surface area contributed by atoms with Crippen molar-refractivity contribution in [2.24, 2.45) is 0 Å². The van der Waals surface area contributed by atoms with Gasteiger partial charge in [-0.15, -0.1) is 0 Å². The van der Waals surface area contributed by atoms with Crippen molar-refractivity contribution in [2.45, 2.75) is 25.4 Å². The summed E-state index contributed by atoms with van der Waals surface area (Å²) < 4.78 is 90.7. The molecule has 1 atom stereocenters. The topological polar surface area (TPSA) is 95.0 Å². The highest BCUT2D eigenvalue weighted by molar-refractivity contribution is 9.10. The number of alkyl halides is 3. The molecular weight excluding hydrogens is 626 g/mol. The van der Waals surface area contributed by atoms with Crippen LogP contribution in [0.1, 0.15) is 40.7 Å². The zero-order chi connectivity index (χ0) is 30.2. The van der Waals surface area contributed by atoms with Crippen LogP contribution in [-0.2, 0) is 6.18 Å². The Balaban J connectivity index is 1.94. The number of benzene rings is 2. The van der Waals surface area contributed by atoms with E-state index in [1.54, 1.807) is 0 Å². The summed E-state index contributed by atoms with van der Waals surface area (Å²) in [6.07, 6.45) is -6.47. The number of carbonyl (C=O) groups is 2. The maximum Gasteiger partial charge on any atom is 0.419 e. The Morgan fingerprint density at radius 2 is 1.78 bits per heavy atom. The Morgan fingerprint density at radius 3 is 2.39 bits per heavy atom. The van der Waals surface area contributed by atoms with Crippen molar-refractivity contribution >= 4 is 45.0 Å². The summed E-state index contributed by atoms with van der Waals surface area (Å²) in [5.41, 5.74) is -2.77. The first kappa shape index (κ1) is 30.0. The van der Waals surface area contributed by atoms with Crippen LogP contribution in [0.3, 0.4) is 0 Å². The summed E-state index contributed by atoms with van der Waals surface area (Å²) in [6, 6.07) is 5.65. The van der Waals surface area contributed by atoms with Crippen LogP contribution in [0.15, 0.2) is 41.0 Å². The Hall–Kier alpha value is -4.01. The van der Waals surface area contributed by atoms with Gasteiger partial charge in [-0.3, -0.25) is 9.69 Å². The lowest BCUT2D eigenvalue weighted by Crippen LogP contribution is -2.46. The minimum absolute atomic E-state index is 0.00577. The van der Waals surface area contributed by atoms with Crippen LogP contribution in [0.4, 0.5) is 48.2 Å². The Morgan fingerprint density at radius 1 is 1.10 bits per heavy atom. The van der Waals surface area contributed by atoms with E-state index >= 15 is 4.39 Å². The number of nitrogens with zero attached hydrogens (tertiary/aromatic N) is 3. The number of anilines is 3. The smallest absolute Gasteiger partial charge is 0.419 e. The predicted molar refractivity (Wildman–Crippen MR) is 139 cm³/mol. The summed E-state index contributed by atoms with van der Waals surface area (Å²) in [5, 5.41) is 11.0. The molecule has 2 N–H and O–H groups in total. The molecule has 0 saturated carbocycles. The molecule has 4 rings (SSSR count). The van der Waals surface area contributed by atoms with E-state index in [-0.39, 0.29) is 46.1 Å². The van der Waals surface area contributed by atoms with E-state index in [1.807, 2.05) is 0 Å². The number of halogens is 7. The molecule has 15 heteroatoms. The Labute approximate surface area is 237 Å². The number of hydrogen-bond donors (Lipinski definition) is 2. The molecule has 0 bridgehead atoms. The average molecular weight is 647 g/mol. The van der Waals surface area contributed by atoms with Crippen LogP contribution >= 0.6 is 15.9 Å². The fourth-order valence-corrected chi connectivity index (χ4v) is 5.04. The minimum Gasteiger partial charge on any atom is -0.481 e. The molecule has 0 aliphatic carbocycles. The maximum atomic E-state index is 15.3. The molecule has 2 amide bonds. The second-order valence-corrected chi connectivity index (χ2v) is 9.78. The number of methoxy groups -OCH3 is 1. The van der Waals surface area contributed by atoms with E-state index in [0.29, 0.717) is 12.1 Å². The van der Waals surface area contributed by atoms with Gasteiger partial charge in [0.15, 0.2) is 11.6 Å². The van der Waals surface area contributed by atoms with Crippen LogP contribution in [0.5, 0.6) is 5.88 Å². The molecule has 3 aromatic rings. The first-order valence-electron chi connectivity index (χ1n) is 11.9. The predicted octanol–water partition coefficient (Wildman–Crippen LogP) is 6.81. The van der Waals surface area contributed by atoms with Gasteiger partial charge in [0.2, 0.25) is 5.88 Å². The maximum absolute atomic E-state index is 15.3. The highest BCUT2D eigenvalue weighted by Gasteiger charge is 2.40. The summed E-state index contributed by atoms with van der Waals surface area (Å²) in [5.74, 6) is -5.80. The summed E-state index contributed by atoms with van der Waals surface area (Å²) >= 11 is 3.23. The second-order valence-electron chi connectivity index (χ2n) is 9.03. The van der Waals surface area contributed by atoms with E-state index in [0.717, 1.165) is 21.9 Å². The third-order valence-electron chi connectivity index (χ3n) is 6.49. The van der Waals surface area contributed by atoms with Crippen molar-refractivity contribution in [3.63, 3.8) is 0 Å². The highest BCUT2D eigenvalue weighted by atomic mass is 79.9. The largest absolute Gasteiger partial charge is 0.481 e. The summed E-state index contributed by atoms with van der Waals surface area (Å²) in [6.45, 7) is 0.842. The number of fused-ring (bicyclic) bond motifs is 1. The number of pyridine rings is 1. The number of amides is 2. The van der Waals surface area contributed by atoms with E-state index in [2.05, 4.69) is 26.2 Å². The van der Waals surface area contributed by atoms with Crippen molar-refractivity contribution in [1.29, 1.82) is 0 Å². The number of rotatable bonds is 7. The third kappa shape index (κ3) is 5.89. The van der Waals surface area contributed by atoms with Crippen molar-refractivity contribution in [3.8, 4) is 5.88 Å². The molecule has 218 valence electrons. The van der Waals surface area contributed by atoms with Crippen molar-refractivity contribution in [3.05, 3.63) is 75.1 Å². The van der Waals surface area contributed by atoms with Gasteiger partial charge < -0.3 is 20.1 Å². The van der Waals surface area contributed by atoms with Crippen molar-refractivity contribution < 1.29 is 45.8 Å². The average Bonchev–Trinajstić information content (AvgIpc) is 2.89. The monoisotopic (exact) mass is 646 g/mol. The van der Waals surface area contributed by atoms with E-state index in [9.17, 15) is 31.5 Å². The molecule has 1 aliphatic rings. The van der Waals surface area contributed by atoms with Crippen LogP contribution in [-0.4, -0.2) is 42.4 Å². The van der Waals surface area contributed by atoms with Crippen molar-refractivity contribution in [1.82, 2.24) is 10.3 Å². The number of carbonyl (C=O) groups excluding carboxylic acids is 1. The lowest BCUT2D eigenvalue weighted by Gasteiger charge is -2.40. The molecule has 0 radical (unpaired) electrons. The Bertz CT molecular complexity index is 1520.